The zero-order chi connectivity index (χ0) is 22.6. The second-order valence-electron chi connectivity index (χ2n) is 5.83. The van der Waals surface area contributed by atoms with Gasteiger partial charge in [-0.2, -0.15) is 40.2 Å². The Bertz CT molecular complexity index is 921. The molecule has 0 aliphatic heterocycles. The van der Waals surface area contributed by atoms with Crippen molar-refractivity contribution < 1.29 is 35.1 Å². The molecule has 0 aliphatic carbocycles. The minimum atomic E-state index is -6.21. The molecule has 0 unspecified atom stereocenters. The number of halogens is 8. The van der Waals surface area contributed by atoms with Crippen LogP contribution in [0.25, 0.3) is 0 Å². The van der Waals surface area contributed by atoms with Gasteiger partial charge in [0.15, 0.2) is 5.17 Å². The predicted octanol–water partition coefficient (Wildman–Crippen LogP) is 5.94. The quantitative estimate of drug-likeness (QED) is 0.263. The Morgan fingerprint density at radius 2 is 1.53 bits per heavy atom. The number of hydrogen-bond acceptors (Lipinski definition) is 3. The maximum absolute atomic E-state index is 13.6. The summed E-state index contributed by atoms with van der Waals surface area (Å²) in [4.78, 5) is 0. The summed E-state index contributed by atoms with van der Waals surface area (Å²) in [5.74, 6) is -5.27. The summed E-state index contributed by atoms with van der Waals surface area (Å²) in [7, 11) is 0. The van der Waals surface area contributed by atoms with Gasteiger partial charge in [-0.15, -0.1) is 5.10 Å². The van der Waals surface area contributed by atoms with Gasteiger partial charge in [0, 0.05) is 11.3 Å². The standard InChI is InChI=1S/C18H13F8N3S/c19-16(20,18(24,25)26)14-8-12(6-7-13(14)17(21,22)23)9-28-29-15(27)30-10-11-4-2-1-3-5-11/h1-9H,10H2,(H2,27,29). The summed E-state index contributed by atoms with van der Waals surface area (Å²) in [5, 5.41) is 6.94. The summed E-state index contributed by atoms with van der Waals surface area (Å²) >= 11 is 1.08. The van der Waals surface area contributed by atoms with Crippen molar-refractivity contribution in [3.8, 4) is 0 Å². The molecule has 2 N–H and O–H groups in total. The van der Waals surface area contributed by atoms with E-state index in [9.17, 15) is 35.1 Å². The molecule has 30 heavy (non-hydrogen) atoms. The molecular weight excluding hydrogens is 442 g/mol. The van der Waals surface area contributed by atoms with Crippen molar-refractivity contribution >= 4 is 23.1 Å². The maximum atomic E-state index is 13.6. The Kier molecular flexibility index (Phi) is 7.11. The van der Waals surface area contributed by atoms with Crippen LogP contribution in [0.5, 0.6) is 0 Å². The highest BCUT2D eigenvalue weighted by Crippen LogP contribution is 2.48. The van der Waals surface area contributed by atoms with Gasteiger partial charge >= 0.3 is 18.3 Å². The lowest BCUT2D eigenvalue weighted by atomic mass is 9.98. The highest BCUT2D eigenvalue weighted by atomic mass is 32.2. The summed E-state index contributed by atoms with van der Waals surface area (Å²) in [6.07, 6.45) is -10.9. The second-order valence-corrected chi connectivity index (χ2v) is 6.83. The number of amidine groups is 1. The Balaban J connectivity index is 2.24. The van der Waals surface area contributed by atoms with Crippen LogP contribution < -0.4 is 5.73 Å². The van der Waals surface area contributed by atoms with Gasteiger partial charge in [0.25, 0.3) is 0 Å². The van der Waals surface area contributed by atoms with Gasteiger partial charge in [0.1, 0.15) is 0 Å². The molecule has 0 spiro atoms. The second kappa shape index (κ2) is 9.02. The first-order valence-electron chi connectivity index (χ1n) is 8.02. The van der Waals surface area contributed by atoms with E-state index in [1.165, 1.54) is 0 Å². The monoisotopic (exact) mass is 455 g/mol. The molecule has 0 aliphatic rings. The first-order chi connectivity index (χ1) is 13.8. The minimum Gasteiger partial charge on any atom is -0.377 e. The molecule has 3 nitrogen and oxygen atoms in total. The molecule has 12 heteroatoms. The molecule has 0 bridgehead atoms. The molecule has 0 saturated heterocycles. The topological polar surface area (TPSA) is 50.7 Å². The van der Waals surface area contributed by atoms with Crippen molar-refractivity contribution in [3.05, 3.63) is 70.8 Å². The number of thioether (sulfide) groups is 1. The third-order valence-corrected chi connectivity index (χ3v) is 4.49. The molecule has 162 valence electrons. The van der Waals surface area contributed by atoms with Crippen molar-refractivity contribution in [3.63, 3.8) is 0 Å². The van der Waals surface area contributed by atoms with E-state index in [2.05, 4.69) is 10.2 Å². The third kappa shape index (κ3) is 5.94. The molecule has 2 rings (SSSR count). The molecule has 0 saturated carbocycles. The molecule has 0 radical (unpaired) electrons. The average Bonchev–Trinajstić information content (AvgIpc) is 2.65. The van der Waals surface area contributed by atoms with E-state index in [1.807, 2.05) is 18.2 Å². The smallest absolute Gasteiger partial charge is 0.377 e. The lowest BCUT2D eigenvalue weighted by Crippen LogP contribution is -2.35. The zero-order valence-corrected chi connectivity index (χ0v) is 15.6. The number of nitrogens with zero attached hydrogens (tertiary/aromatic N) is 2. The summed E-state index contributed by atoms with van der Waals surface area (Å²) in [5.41, 5.74) is 1.77. The fourth-order valence-corrected chi connectivity index (χ4v) is 2.83. The Morgan fingerprint density at radius 1 is 0.900 bits per heavy atom. The van der Waals surface area contributed by atoms with Crippen molar-refractivity contribution in [2.75, 3.05) is 0 Å². The molecular formula is C18H13F8N3S. The van der Waals surface area contributed by atoms with Gasteiger partial charge < -0.3 is 5.73 Å². The molecule has 0 aromatic heterocycles. The normalized spacial score (nSPS) is 13.8. The largest absolute Gasteiger partial charge is 0.458 e. The van der Waals surface area contributed by atoms with Crippen molar-refractivity contribution in [1.82, 2.24) is 0 Å². The van der Waals surface area contributed by atoms with Crippen molar-refractivity contribution in [2.45, 2.75) is 24.0 Å². The Morgan fingerprint density at radius 3 is 2.10 bits per heavy atom. The third-order valence-electron chi connectivity index (χ3n) is 3.64. The van der Waals surface area contributed by atoms with Gasteiger partial charge in [-0.05, 0) is 23.3 Å². The molecule has 2 aromatic carbocycles. The molecule has 0 atom stereocenters. The van der Waals surface area contributed by atoms with E-state index >= 15 is 0 Å². The zero-order valence-electron chi connectivity index (χ0n) is 14.8. The van der Waals surface area contributed by atoms with E-state index in [0.29, 0.717) is 11.8 Å². The van der Waals surface area contributed by atoms with E-state index in [0.717, 1.165) is 23.5 Å². The fourth-order valence-electron chi connectivity index (χ4n) is 2.21. The van der Waals surface area contributed by atoms with E-state index in [4.69, 9.17) is 5.73 Å². The summed E-state index contributed by atoms with van der Waals surface area (Å²) < 4.78 is 104. The SMILES string of the molecule is NC(=NN=Cc1ccc(C(F)(F)F)c(C(F)(F)C(F)(F)F)c1)SCc1ccccc1. The van der Waals surface area contributed by atoms with Crippen LogP contribution in [0.2, 0.25) is 0 Å². The van der Waals surface area contributed by atoms with Crippen LogP contribution in [-0.2, 0) is 17.9 Å². The van der Waals surface area contributed by atoms with Gasteiger partial charge in [0.05, 0.1) is 11.8 Å². The number of nitrogens with two attached hydrogens (primary N) is 1. The lowest BCUT2D eigenvalue weighted by Gasteiger charge is -2.23. The highest BCUT2D eigenvalue weighted by molar-refractivity contribution is 8.13. The van der Waals surface area contributed by atoms with Gasteiger partial charge in [-0.25, -0.2) is 0 Å². The summed E-state index contributed by atoms with van der Waals surface area (Å²) in [6, 6.07) is 9.99. The highest BCUT2D eigenvalue weighted by Gasteiger charge is 2.61. The molecule has 2 aromatic rings. The lowest BCUT2D eigenvalue weighted by molar-refractivity contribution is -0.291. The fraction of sp³-hybridized carbons (Fsp3) is 0.222. The Hall–Kier alpha value is -2.63. The number of rotatable bonds is 5. The van der Waals surface area contributed by atoms with Crippen LogP contribution in [0.3, 0.4) is 0 Å². The van der Waals surface area contributed by atoms with Crippen molar-refractivity contribution in [2.24, 2.45) is 15.9 Å². The maximum Gasteiger partial charge on any atom is 0.458 e. The van der Waals surface area contributed by atoms with Gasteiger partial charge in [0.2, 0.25) is 0 Å². The molecule has 0 amide bonds. The minimum absolute atomic E-state index is 0.0390. The number of alkyl halides is 8. The van der Waals surface area contributed by atoms with Crippen LogP contribution in [-0.4, -0.2) is 17.6 Å². The van der Waals surface area contributed by atoms with Crippen molar-refractivity contribution in [1.29, 1.82) is 0 Å². The number of benzene rings is 2. The van der Waals surface area contributed by atoms with E-state index in [-0.39, 0.29) is 17.3 Å². The van der Waals surface area contributed by atoms with Gasteiger partial charge in [-0.3, -0.25) is 0 Å². The van der Waals surface area contributed by atoms with E-state index in [1.54, 1.807) is 12.1 Å². The van der Waals surface area contributed by atoms with Crippen LogP contribution in [0.15, 0.2) is 58.7 Å². The Labute approximate surface area is 169 Å². The van der Waals surface area contributed by atoms with Crippen LogP contribution >= 0.6 is 11.8 Å². The summed E-state index contributed by atoms with van der Waals surface area (Å²) in [6.45, 7) is 0. The van der Waals surface area contributed by atoms with E-state index < -0.39 is 35.0 Å². The predicted molar refractivity (Wildman–Crippen MR) is 98.3 cm³/mol. The van der Waals surface area contributed by atoms with Gasteiger partial charge in [-0.1, -0.05) is 48.2 Å². The van der Waals surface area contributed by atoms with Crippen LogP contribution in [0.1, 0.15) is 22.3 Å². The first-order valence-corrected chi connectivity index (χ1v) is 9.00. The average molecular weight is 455 g/mol. The molecule has 0 fully saturated rings. The molecule has 0 heterocycles. The van der Waals surface area contributed by atoms with Crippen LogP contribution in [0, 0.1) is 0 Å². The van der Waals surface area contributed by atoms with Crippen LogP contribution in [0.4, 0.5) is 35.1 Å². The number of hydrogen-bond donors (Lipinski definition) is 1. The first kappa shape index (κ1) is 23.6.